The molecule has 2 N–H and O–H groups in total. The maximum Gasteiger partial charge on any atom is 0.319 e. The van der Waals surface area contributed by atoms with E-state index in [1.54, 1.807) is 42.5 Å². The molecule has 0 heterocycles. The number of anilines is 1. The van der Waals surface area contributed by atoms with Crippen LogP contribution in [0.15, 0.2) is 48.5 Å². The van der Waals surface area contributed by atoms with E-state index in [-0.39, 0.29) is 11.8 Å². The summed E-state index contributed by atoms with van der Waals surface area (Å²) in [6.07, 6.45) is 1.91. The molecule has 23 heavy (non-hydrogen) atoms. The van der Waals surface area contributed by atoms with Crippen molar-refractivity contribution in [3.63, 3.8) is 0 Å². The van der Waals surface area contributed by atoms with E-state index in [9.17, 15) is 9.59 Å². The van der Waals surface area contributed by atoms with Crippen molar-refractivity contribution >= 4 is 29.1 Å². The lowest BCUT2D eigenvalue weighted by atomic mass is 10.0. The van der Waals surface area contributed by atoms with E-state index in [1.165, 1.54) is 0 Å². The molecule has 0 unspecified atom stereocenters. The van der Waals surface area contributed by atoms with E-state index in [0.29, 0.717) is 28.4 Å². The van der Waals surface area contributed by atoms with Crippen molar-refractivity contribution in [2.24, 2.45) is 0 Å². The number of halogens is 1. The van der Waals surface area contributed by atoms with Crippen LogP contribution in [0.5, 0.6) is 0 Å². The number of benzene rings is 2. The number of nitrogens with one attached hydrogen (secondary N) is 2. The first-order chi connectivity index (χ1) is 11.1. The van der Waals surface area contributed by atoms with Crippen molar-refractivity contribution < 1.29 is 9.59 Å². The molecule has 0 fully saturated rings. The minimum atomic E-state index is -0.331. The highest BCUT2D eigenvalue weighted by molar-refractivity contribution is 6.31. The number of carbonyl (C=O) groups is 2. The number of unbranched alkanes of at least 4 members (excludes halogenated alkanes) is 1. The summed E-state index contributed by atoms with van der Waals surface area (Å²) in [6.45, 7) is 2.65. The van der Waals surface area contributed by atoms with E-state index in [4.69, 9.17) is 11.6 Å². The van der Waals surface area contributed by atoms with Crippen LogP contribution in [0.2, 0.25) is 5.02 Å². The van der Waals surface area contributed by atoms with Gasteiger partial charge in [-0.05, 0) is 24.6 Å². The van der Waals surface area contributed by atoms with Crippen LogP contribution in [0.3, 0.4) is 0 Å². The molecule has 2 aromatic carbocycles. The second-order valence-corrected chi connectivity index (χ2v) is 5.56. The molecule has 4 nitrogen and oxygen atoms in total. The van der Waals surface area contributed by atoms with Gasteiger partial charge in [-0.15, -0.1) is 0 Å². The van der Waals surface area contributed by atoms with Gasteiger partial charge in [0.05, 0.1) is 5.69 Å². The van der Waals surface area contributed by atoms with Crippen LogP contribution in [0.4, 0.5) is 10.5 Å². The summed E-state index contributed by atoms with van der Waals surface area (Å²) >= 11 is 6.01. The van der Waals surface area contributed by atoms with Crippen molar-refractivity contribution in [1.82, 2.24) is 5.32 Å². The van der Waals surface area contributed by atoms with Crippen LogP contribution in [0, 0.1) is 0 Å². The van der Waals surface area contributed by atoms with Gasteiger partial charge in [0, 0.05) is 22.7 Å². The minimum Gasteiger partial charge on any atom is -0.338 e. The molecule has 0 aliphatic heterocycles. The lowest BCUT2D eigenvalue weighted by molar-refractivity contribution is 0.103. The van der Waals surface area contributed by atoms with Gasteiger partial charge in [0.15, 0.2) is 5.78 Å². The zero-order chi connectivity index (χ0) is 16.7. The summed E-state index contributed by atoms with van der Waals surface area (Å²) < 4.78 is 0. The average Bonchev–Trinajstić information content (AvgIpc) is 2.57. The molecule has 0 atom stereocenters. The van der Waals surface area contributed by atoms with Gasteiger partial charge in [-0.25, -0.2) is 4.79 Å². The Balaban J connectivity index is 2.21. The zero-order valence-corrected chi connectivity index (χ0v) is 13.7. The third-order valence-electron chi connectivity index (χ3n) is 3.33. The molecule has 0 aliphatic carbocycles. The minimum absolute atomic E-state index is 0.183. The Morgan fingerprint density at radius 2 is 1.83 bits per heavy atom. The molecular formula is C18H19ClN2O2. The van der Waals surface area contributed by atoms with Gasteiger partial charge < -0.3 is 10.6 Å². The van der Waals surface area contributed by atoms with Gasteiger partial charge in [-0.2, -0.15) is 0 Å². The Morgan fingerprint density at radius 3 is 2.52 bits per heavy atom. The average molecular weight is 331 g/mol. The first-order valence-corrected chi connectivity index (χ1v) is 7.93. The van der Waals surface area contributed by atoms with Crippen molar-refractivity contribution in [2.75, 3.05) is 11.9 Å². The summed E-state index contributed by atoms with van der Waals surface area (Å²) in [5.74, 6) is -0.183. The van der Waals surface area contributed by atoms with E-state index in [1.807, 2.05) is 6.07 Å². The van der Waals surface area contributed by atoms with Crippen molar-refractivity contribution in [3.05, 3.63) is 64.7 Å². The lowest BCUT2D eigenvalue weighted by Crippen LogP contribution is -2.30. The third-order valence-corrected chi connectivity index (χ3v) is 3.56. The van der Waals surface area contributed by atoms with Crippen LogP contribution in [0.25, 0.3) is 0 Å². The standard InChI is InChI=1S/C18H19ClN2O2/c1-2-3-11-20-18(23)21-16-10-9-14(19)12-15(16)17(22)13-7-5-4-6-8-13/h4-10,12H,2-3,11H2,1H3,(H2,20,21,23). The predicted octanol–water partition coefficient (Wildman–Crippen LogP) is 4.49. The first-order valence-electron chi connectivity index (χ1n) is 7.56. The molecule has 0 aliphatic rings. The van der Waals surface area contributed by atoms with E-state index >= 15 is 0 Å². The smallest absolute Gasteiger partial charge is 0.319 e. The summed E-state index contributed by atoms with van der Waals surface area (Å²) in [7, 11) is 0. The van der Waals surface area contributed by atoms with Gasteiger partial charge in [0.1, 0.15) is 0 Å². The maximum atomic E-state index is 12.6. The van der Waals surface area contributed by atoms with Gasteiger partial charge in [-0.3, -0.25) is 4.79 Å². The number of amides is 2. The molecule has 0 spiro atoms. The van der Waals surface area contributed by atoms with E-state index in [0.717, 1.165) is 12.8 Å². The SMILES string of the molecule is CCCCNC(=O)Nc1ccc(Cl)cc1C(=O)c1ccccc1. The maximum absolute atomic E-state index is 12.6. The van der Waals surface area contributed by atoms with Gasteiger partial charge in [0.25, 0.3) is 0 Å². The summed E-state index contributed by atoms with van der Waals surface area (Å²) in [4.78, 5) is 24.5. The van der Waals surface area contributed by atoms with Crippen molar-refractivity contribution in [2.45, 2.75) is 19.8 Å². The molecule has 2 aromatic rings. The van der Waals surface area contributed by atoms with Crippen LogP contribution in [0.1, 0.15) is 35.7 Å². The topological polar surface area (TPSA) is 58.2 Å². The number of urea groups is 1. The predicted molar refractivity (Wildman–Crippen MR) is 93.3 cm³/mol. The normalized spacial score (nSPS) is 10.2. The van der Waals surface area contributed by atoms with Gasteiger partial charge in [0.2, 0.25) is 0 Å². The lowest BCUT2D eigenvalue weighted by Gasteiger charge is -2.12. The molecule has 2 amide bonds. The molecule has 120 valence electrons. The third kappa shape index (κ3) is 4.83. The zero-order valence-electron chi connectivity index (χ0n) is 12.9. The molecule has 0 saturated heterocycles. The second-order valence-electron chi connectivity index (χ2n) is 5.12. The Bertz CT molecular complexity index is 687. The number of hydrogen-bond acceptors (Lipinski definition) is 2. The molecule has 0 saturated carbocycles. The molecule has 2 rings (SSSR count). The number of carbonyl (C=O) groups excluding carboxylic acids is 2. The monoisotopic (exact) mass is 330 g/mol. The molecule has 0 bridgehead atoms. The Morgan fingerprint density at radius 1 is 1.09 bits per heavy atom. The first kappa shape index (κ1) is 17.0. The largest absolute Gasteiger partial charge is 0.338 e. The van der Waals surface area contributed by atoms with E-state index < -0.39 is 0 Å². The fourth-order valence-electron chi connectivity index (χ4n) is 2.10. The Hall–Kier alpha value is -2.33. The second kappa shape index (κ2) is 8.34. The van der Waals surface area contributed by atoms with Crippen LogP contribution in [-0.4, -0.2) is 18.4 Å². The van der Waals surface area contributed by atoms with Crippen molar-refractivity contribution in [3.8, 4) is 0 Å². The van der Waals surface area contributed by atoms with Gasteiger partial charge >= 0.3 is 6.03 Å². The van der Waals surface area contributed by atoms with Crippen molar-refractivity contribution in [1.29, 1.82) is 0 Å². The quantitative estimate of drug-likeness (QED) is 0.605. The highest BCUT2D eigenvalue weighted by atomic mass is 35.5. The summed E-state index contributed by atoms with van der Waals surface area (Å²) in [5.41, 5.74) is 1.36. The summed E-state index contributed by atoms with van der Waals surface area (Å²) in [5, 5.41) is 5.92. The fourth-order valence-corrected chi connectivity index (χ4v) is 2.28. The molecule has 5 heteroatoms. The number of ketones is 1. The molecular weight excluding hydrogens is 312 g/mol. The number of hydrogen-bond donors (Lipinski definition) is 2. The highest BCUT2D eigenvalue weighted by Crippen LogP contribution is 2.23. The van der Waals surface area contributed by atoms with Crippen LogP contribution >= 0.6 is 11.6 Å². The Labute approximate surface area is 140 Å². The van der Waals surface area contributed by atoms with E-state index in [2.05, 4.69) is 17.6 Å². The van der Waals surface area contributed by atoms with Crippen LogP contribution < -0.4 is 10.6 Å². The molecule has 0 aromatic heterocycles. The van der Waals surface area contributed by atoms with Crippen LogP contribution in [-0.2, 0) is 0 Å². The Kier molecular flexibility index (Phi) is 6.18. The summed E-state index contributed by atoms with van der Waals surface area (Å²) in [6, 6.07) is 13.4. The fraction of sp³-hybridized carbons (Fsp3) is 0.222. The molecule has 0 radical (unpaired) electrons. The highest BCUT2D eigenvalue weighted by Gasteiger charge is 2.15. The van der Waals surface area contributed by atoms with Gasteiger partial charge in [-0.1, -0.05) is 55.3 Å². The number of rotatable bonds is 6.